The van der Waals surface area contributed by atoms with E-state index in [1.165, 1.54) is 39.2 Å². The number of carbonyl (C=O) groups is 1. The van der Waals surface area contributed by atoms with Gasteiger partial charge in [-0.25, -0.2) is 4.79 Å². The summed E-state index contributed by atoms with van der Waals surface area (Å²) in [6, 6.07) is 7.57. The lowest BCUT2D eigenvalue weighted by Crippen LogP contribution is -2.04. The molecule has 1 aromatic carbocycles. The highest BCUT2D eigenvalue weighted by molar-refractivity contribution is 5.89. The standard InChI is InChI=1S/C17H22O2/c1-19-17(18)16-12-6-11-15(13-16)10-5-9-14-7-3-2-4-8-14/h5-6,10-14H,2-4,7-9H2,1H3/b10-5+. The van der Waals surface area contributed by atoms with Crippen LogP contribution in [0.5, 0.6) is 0 Å². The highest BCUT2D eigenvalue weighted by Gasteiger charge is 2.11. The van der Waals surface area contributed by atoms with Crippen LogP contribution in [0.25, 0.3) is 6.08 Å². The van der Waals surface area contributed by atoms with Crippen LogP contribution in [0.4, 0.5) is 0 Å². The molecule has 19 heavy (non-hydrogen) atoms. The Morgan fingerprint density at radius 2 is 2.11 bits per heavy atom. The molecule has 0 radical (unpaired) electrons. The maximum atomic E-state index is 11.4. The van der Waals surface area contributed by atoms with E-state index in [0.717, 1.165) is 17.9 Å². The van der Waals surface area contributed by atoms with Crippen LogP contribution in [0, 0.1) is 5.92 Å². The Hall–Kier alpha value is -1.57. The van der Waals surface area contributed by atoms with Crippen molar-refractivity contribution in [3.63, 3.8) is 0 Å². The van der Waals surface area contributed by atoms with E-state index in [1.807, 2.05) is 18.2 Å². The molecule has 1 aliphatic rings. The molecule has 102 valence electrons. The van der Waals surface area contributed by atoms with Crippen LogP contribution in [0.15, 0.2) is 30.3 Å². The molecular weight excluding hydrogens is 236 g/mol. The average molecular weight is 258 g/mol. The zero-order chi connectivity index (χ0) is 13.5. The van der Waals surface area contributed by atoms with E-state index in [1.54, 1.807) is 6.07 Å². The molecule has 0 aromatic heterocycles. The molecular formula is C17H22O2. The highest BCUT2D eigenvalue weighted by atomic mass is 16.5. The molecule has 0 saturated heterocycles. The van der Waals surface area contributed by atoms with Crippen molar-refractivity contribution in [3.8, 4) is 0 Å². The van der Waals surface area contributed by atoms with Gasteiger partial charge in [0.25, 0.3) is 0 Å². The third-order valence-electron chi connectivity index (χ3n) is 3.81. The predicted molar refractivity (Wildman–Crippen MR) is 78.0 cm³/mol. The molecule has 0 unspecified atom stereocenters. The van der Waals surface area contributed by atoms with E-state index in [2.05, 4.69) is 12.2 Å². The van der Waals surface area contributed by atoms with Crippen molar-refractivity contribution in [2.45, 2.75) is 38.5 Å². The number of ether oxygens (including phenoxy) is 1. The van der Waals surface area contributed by atoms with Gasteiger partial charge in [-0.3, -0.25) is 0 Å². The van der Waals surface area contributed by atoms with Gasteiger partial charge >= 0.3 is 5.97 Å². The smallest absolute Gasteiger partial charge is 0.337 e. The molecule has 0 N–H and O–H groups in total. The second-order valence-corrected chi connectivity index (χ2v) is 5.26. The molecule has 2 rings (SSSR count). The number of hydrogen-bond acceptors (Lipinski definition) is 2. The SMILES string of the molecule is COC(=O)c1cccc(/C=C/CC2CCCCC2)c1. The first-order valence-corrected chi connectivity index (χ1v) is 7.14. The average Bonchev–Trinajstić information content (AvgIpc) is 2.48. The fourth-order valence-corrected chi connectivity index (χ4v) is 2.71. The van der Waals surface area contributed by atoms with E-state index in [-0.39, 0.29) is 5.97 Å². The van der Waals surface area contributed by atoms with Gasteiger partial charge in [0.15, 0.2) is 0 Å². The van der Waals surface area contributed by atoms with Gasteiger partial charge < -0.3 is 4.74 Å². The first-order valence-electron chi connectivity index (χ1n) is 7.14. The minimum Gasteiger partial charge on any atom is -0.465 e. The number of hydrogen-bond donors (Lipinski definition) is 0. The molecule has 0 heterocycles. The minimum absolute atomic E-state index is 0.275. The molecule has 1 fully saturated rings. The van der Waals surface area contributed by atoms with Crippen molar-refractivity contribution >= 4 is 12.0 Å². The number of carbonyl (C=O) groups excluding carboxylic acids is 1. The molecule has 2 nitrogen and oxygen atoms in total. The lowest BCUT2D eigenvalue weighted by molar-refractivity contribution is 0.0600. The van der Waals surface area contributed by atoms with Crippen LogP contribution in [0.1, 0.15) is 54.4 Å². The summed E-state index contributed by atoms with van der Waals surface area (Å²) >= 11 is 0. The monoisotopic (exact) mass is 258 g/mol. The Balaban J connectivity index is 1.92. The Morgan fingerprint density at radius 3 is 2.84 bits per heavy atom. The van der Waals surface area contributed by atoms with Crippen molar-refractivity contribution in [2.24, 2.45) is 5.92 Å². The molecule has 2 heteroatoms. The normalized spacial score (nSPS) is 16.7. The second-order valence-electron chi connectivity index (χ2n) is 5.26. The van der Waals surface area contributed by atoms with E-state index in [9.17, 15) is 4.79 Å². The summed E-state index contributed by atoms with van der Waals surface area (Å²) in [5, 5.41) is 0. The third kappa shape index (κ3) is 4.23. The van der Waals surface area contributed by atoms with Crippen LogP contribution < -0.4 is 0 Å². The summed E-state index contributed by atoms with van der Waals surface area (Å²) in [4.78, 5) is 11.4. The lowest BCUT2D eigenvalue weighted by atomic mass is 9.87. The van der Waals surface area contributed by atoms with Crippen LogP contribution in [-0.2, 0) is 4.74 Å². The molecule has 0 spiro atoms. The number of allylic oxidation sites excluding steroid dienone is 1. The highest BCUT2D eigenvalue weighted by Crippen LogP contribution is 2.26. The third-order valence-corrected chi connectivity index (χ3v) is 3.81. The molecule has 0 atom stereocenters. The first kappa shape index (κ1) is 13.9. The fraction of sp³-hybridized carbons (Fsp3) is 0.471. The summed E-state index contributed by atoms with van der Waals surface area (Å²) in [7, 11) is 1.41. The molecule has 0 amide bonds. The van der Waals surface area contributed by atoms with E-state index < -0.39 is 0 Å². The molecule has 0 bridgehead atoms. The van der Waals surface area contributed by atoms with Gasteiger partial charge in [-0.1, -0.05) is 56.4 Å². The van der Waals surface area contributed by atoms with Gasteiger partial charge in [0.1, 0.15) is 0 Å². The summed E-state index contributed by atoms with van der Waals surface area (Å²) in [6.45, 7) is 0. The van der Waals surface area contributed by atoms with Crippen LogP contribution in [-0.4, -0.2) is 13.1 Å². The second kappa shape index (κ2) is 7.13. The van der Waals surface area contributed by atoms with Gasteiger partial charge in [-0.05, 0) is 30.0 Å². The minimum atomic E-state index is -0.275. The van der Waals surface area contributed by atoms with E-state index >= 15 is 0 Å². The van der Waals surface area contributed by atoms with E-state index in [0.29, 0.717) is 5.56 Å². The number of methoxy groups -OCH3 is 1. The summed E-state index contributed by atoms with van der Waals surface area (Å²) in [5.41, 5.74) is 1.68. The van der Waals surface area contributed by atoms with E-state index in [4.69, 9.17) is 4.74 Å². The number of esters is 1. The maximum Gasteiger partial charge on any atom is 0.337 e. The zero-order valence-electron chi connectivity index (χ0n) is 11.6. The summed E-state index contributed by atoms with van der Waals surface area (Å²) in [6.07, 6.45) is 12.4. The van der Waals surface area contributed by atoms with Gasteiger partial charge in [-0.2, -0.15) is 0 Å². The molecule has 1 aromatic rings. The number of benzene rings is 1. The Kier molecular flexibility index (Phi) is 5.20. The van der Waals surface area contributed by atoms with Crippen LogP contribution in [0.3, 0.4) is 0 Å². The van der Waals surface area contributed by atoms with Gasteiger partial charge in [0.2, 0.25) is 0 Å². The van der Waals surface area contributed by atoms with Gasteiger partial charge in [0.05, 0.1) is 12.7 Å². The quantitative estimate of drug-likeness (QED) is 0.745. The molecule has 1 aliphatic carbocycles. The largest absolute Gasteiger partial charge is 0.465 e. The number of rotatable bonds is 4. The van der Waals surface area contributed by atoms with Gasteiger partial charge in [-0.15, -0.1) is 0 Å². The summed E-state index contributed by atoms with van der Waals surface area (Å²) < 4.78 is 4.73. The zero-order valence-corrected chi connectivity index (χ0v) is 11.6. The predicted octanol–water partition coefficient (Wildman–Crippen LogP) is 4.46. The first-order chi connectivity index (χ1) is 9.29. The summed E-state index contributed by atoms with van der Waals surface area (Å²) in [5.74, 6) is 0.580. The molecule has 0 aliphatic heterocycles. The lowest BCUT2D eigenvalue weighted by Gasteiger charge is -2.19. The van der Waals surface area contributed by atoms with Crippen molar-refractivity contribution in [2.75, 3.05) is 7.11 Å². The van der Waals surface area contributed by atoms with Crippen molar-refractivity contribution < 1.29 is 9.53 Å². The Labute approximate surface area is 115 Å². The van der Waals surface area contributed by atoms with Crippen LogP contribution in [0.2, 0.25) is 0 Å². The fourth-order valence-electron chi connectivity index (χ4n) is 2.71. The Bertz CT molecular complexity index is 442. The van der Waals surface area contributed by atoms with Crippen molar-refractivity contribution in [3.05, 3.63) is 41.5 Å². The van der Waals surface area contributed by atoms with Crippen molar-refractivity contribution in [1.29, 1.82) is 0 Å². The maximum absolute atomic E-state index is 11.4. The van der Waals surface area contributed by atoms with Crippen LogP contribution >= 0.6 is 0 Å². The molecule has 1 saturated carbocycles. The Morgan fingerprint density at radius 1 is 1.32 bits per heavy atom. The van der Waals surface area contributed by atoms with Crippen molar-refractivity contribution in [1.82, 2.24) is 0 Å². The topological polar surface area (TPSA) is 26.3 Å². The van der Waals surface area contributed by atoms with Gasteiger partial charge in [0, 0.05) is 0 Å².